The molecule has 20 heavy (non-hydrogen) atoms. The van der Waals surface area contributed by atoms with E-state index in [-0.39, 0.29) is 0 Å². The number of fused-ring (bicyclic) bond motifs is 8. The highest BCUT2D eigenvalue weighted by Crippen LogP contribution is 2.54. The van der Waals surface area contributed by atoms with Crippen molar-refractivity contribution in [2.45, 2.75) is 18.8 Å². The van der Waals surface area contributed by atoms with Gasteiger partial charge in [0.25, 0.3) is 0 Å². The van der Waals surface area contributed by atoms with Crippen LogP contribution in [0.4, 0.5) is 0 Å². The summed E-state index contributed by atoms with van der Waals surface area (Å²) in [7, 11) is 0. The van der Waals surface area contributed by atoms with Crippen LogP contribution in [0.3, 0.4) is 0 Å². The second-order valence-electron chi connectivity index (χ2n) is 6.12. The molecule has 1 saturated carbocycles. The van der Waals surface area contributed by atoms with Gasteiger partial charge in [0.05, 0.1) is 0 Å². The van der Waals surface area contributed by atoms with E-state index in [9.17, 15) is 0 Å². The van der Waals surface area contributed by atoms with Crippen LogP contribution in [0.15, 0.2) is 60.7 Å². The Labute approximate surface area is 118 Å². The Bertz CT molecular complexity index is 870. The van der Waals surface area contributed by atoms with Gasteiger partial charge in [0.15, 0.2) is 0 Å². The predicted octanol–water partition coefficient (Wildman–Crippen LogP) is 5.21. The van der Waals surface area contributed by atoms with Crippen molar-refractivity contribution in [3.63, 3.8) is 0 Å². The van der Waals surface area contributed by atoms with Crippen LogP contribution in [0, 0.1) is 5.92 Å². The van der Waals surface area contributed by atoms with Crippen LogP contribution >= 0.6 is 0 Å². The molecule has 0 heteroatoms. The molecular formula is C20H16. The van der Waals surface area contributed by atoms with E-state index in [2.05, 4.69) is 60.7 Å². The second-order valence-corrected chi connectivity index (χ2v) is 6.12. The Kier molecular flexibility index (Phi) is 1.99. The summed E-state index contributed by atoms with van der Waals surface area (Å²) in [6, 6.07) is 17.9. The zero-order valence-electron chi connectivity index (χ0n) is 11.3. The molecule has 0 radical (unpaired) electrons. The Morgan fingerprint density at radius 2 is 1.40 bits per heavy atom. The lowest BCUT2D eigenvalue weighted by atomic mass is 9.88. The van der Waals surface area contributed by atoms with E-state index in [1.807, 2.05) is 0 Å². The van der Waals surface area contributed by atoms with Gasteiger partial charge in [-0.25, -0.2) is 0 Å². The maximum absolute atomic E-state index is 2.44. The van der Waals surface area contributed by atoms with Crippen molar-refractivity contribution in [1.82, 2.24) is 0 Å². The Balaban J connectivity index is 2.04. The van der Waals surface area contributed by atoms with Gasteiger partial charge in [-0.05, 0) is 57.3 Å². The summed E-state index contributed by atoms with van der Waals surface area (Å²) >= 11 is 0. The van der Waals surface area contributed by atoms with E-state index in [1.165, 1.54) is 28.0 Å². The molecule has 0 saturated heterocycles. The SMILES string of the molecule is C1=CC2CC2c2c(c3ccccc3c3ccccc23)C1. The average Bonchev–Trinajstić information content (AvgIpc) is 3.26. The maximum Gasteiger partial charge on any atom is -0.00837 e. The van der Waals surface area contributed by atoms with Gasteiger partial charge in [-0.2, -0.15) is 0 Å². The van der Waals surface area contributed by atoms with Crippen molar-refractivity contribution in [3.05, 3.63) is 71.8 Å². The molecule has 2 atom stereocenters. The predicted molar refractivity (Wildman–Crippen MR) is 85.1 cm³/mol. The highest BCUT2D eigenvalue weighted by Gasteiger charge is 2.40. The van der Waals surface area contributed by atoms with E-state index in [1.54, 1.807) is 11.1 Å². The molecule has 0 bridgehead atoms. The number of hydrogen-bond donors (Lipinski definition) is 0. The lowest BCUT2D eigenvalue weighted by Crippen LogP contribution is -1.95. The van der Waals surface area contributed by atoms with Crippen LogP contribution in [0.1, 0.15) is 23.5 Å². The second kappa shape index (κ2) is 3.73. The third-order valence-corrected chi connectivity index (χ3v) is 5.00. The fraction of sp³-hybridized carbons (Fsp3) is 0.200. The monoisotopic (exact) mass is 256 g/mol. The molecule has 0 aromatic heterocycles. The fourth-order valence-corrected chi connectivity index (χ4v) is 4.01. The van der Waals surface area contributed by atoms with Crippen molar-refractivity contribution in [1.29, 1.82) is 0 Å². The summed E-state index contributed by atoms with van der Waals surface area (Å²) in [4.78, 5) is 0. The molecule has 0 N–H and O–H groups in total. The van der Waals surface area contributed by atoms with Gasteiger partial charge in [-0.15, -0.1) is 0 Å². The normalized spacial score (nSPS) is 23.4. The molecule has 96 valence electrons. The lowest BCUT2D eigenvalue weighted by Gasteiger charge is -2.15. The topological polar surface area (TPSA) is 0 Å². The van der Waals surface area contributed by atoms with E-state index in [4.69, 9.17) is 0 Å². The van der Waals surface area contributed by atoms with Crippen molar-refractivity contribution >= 4 is 21.5 Å². The van der Waals surface area contributed by atoms with Crippen molar-refractivity contribution in [2.75, 3.05) is 0 Å². The first-order valence-electron chi connectivity index (χ1n) is 7.52. The van der Waals surface area contributed by atoms with Crippen LogP contribution in [0.25, 0.3) is 21.5 Å². The van der Waals surface area contributed by atoms with E-state index in [0.29, 0.717) is 0 Å². The zero-order valence-corrected chi connectivity index (χ0v) is 11.3. The minimum absolute atomic E-state index is 0.762. The zero-order chi connectivity index (χ0) is 13.1. The largest absolute Gasteiger partial charge is 0.0845 e. The first-order valence-corrected chi connectivity index (χ1v) is 7.52. The lowest BCUT2D eigenvalue weighted by molar-refractivity contribution is 1.03. The first-order chi connectivity index (χ1) is 9.93. The average molecular weight is 256 g/mol. The van der Waals surface area contributed by atoms with E-state index < -0.39 is 0 Å². The maximum atomic E-state index is 2.44. The third-order valence-electron chi connectivity index (χ3n) is 5.00. The highest BCUT2D eigenvalue weighted by molar-refractivity contribution is 6.11. The molecule has 3 aromatic carbocycles. The first kappa shape index (κ1) is 10.7. The Morgan fingerprint density at radius 1 is 0.750 bits per heavy atom. The number of rotatable bonds is 0. The summed E-state index contributed by atoms with van der Waals surface area (Å²) < 4.78 is 0. The number of hydrogen-bond acceptors (Lipinski definition) is 0. The molecule has 0 aliphatic heterocycles. The molecular weight excluding hydrogens is 240 g/mol. The molecule has 1 fully saturated rings. The highest BCUT2D eigenvalue weighted by atomic mass is 14.4. The van der Waals surface area contributed by atoms with Gasteiger partial charge in [0, 0.05) is 0 Å². The molecule has 2 aliphatic carbocycles. The summed E-state index contributed by atoms with van der Waals surface area (Å²) in [6.45, 7) is 0. The van der Waals surface area contributed by atoms with Gasteiger partial charge < -0.3 is 0 Å². The van der Waals surface area contributed by atoms with Crippen LogP contribution in [0.5, 0.6) is 0 Å². The smallest absolute Gasteiger partial charge is 0.00837 e. The Morgan fingerprint density at radius 3 is 2.20 bits per heavy atom. The fourth-order valence-electron chi connectivity index (χ4n) is 4.01. The minimum atomic E-state index is 0.762. The van der Waals surface area contributed by atoms with Crippen LogP contribution < -0.4 is 0 Å². The molecule has 3 aromatic rings. The summed E-state index contributed by atoms with van der Waals surface area (Å²) in [5.74, 6) is 1.55. The van der Waals surface area contributed by atoms with Gasteiger partial charge in [0.2, 0.25) is 0 Å². The summed E-state index contributed by atoms with van der Waals surface area (Å²) in [6.07, 6.45) is 7.26. The third kappa shape index (κ3) is 1.31. The van der Waals surface area contributed by atoms with Gasteiger partial charge in [-0.3, -0.25) is 0 Å². The molecule has 5 rings (SSSR count). The van der Waals surface area contributed by atoms with Gasteiger partial charge in [0.1, 0.15) is 0 Å². The van der Waals surface area contributed by atoms with Crippen molar-refractivity contribution in [2.24, 2.45) is 5.92 Å². The molecule has 0 spiro atoms. The minimum Gasteiger partial charge on any atom is -0.0845 e. The van der Waals surface area contributed by atoms with Crippen LogP contribution in [-0.2, 0) is 6.42 Å². The molecule has 0 heterocycles. The molecule has 2 aliphatic rings. The van der Waals surface area contributed by atoms with Crippen LogP contribution in [-0.4, -0.2) is 0 Å². The standard InChI is InChI=1S/C20H16/c1-2-8-16-14(7-1)15-9-3-4-10-17(15)20-18(16)11-5-6-13-12-19(13)20/h1-10,13,19H,11-12H2. The van der Waals surface area contributed by atoms with E-state index >= 15 is 0 Å². The van der Waals surface area contributed by atoms with Crippen molar-refractivity contribution in [3.8, 4) is 0 Å². The molecule has 2 unspecified atom stereocenters. The van der Waals surface area contributed by atoms with Gasteiger partial charge in [-0.1, -0.05) is 60.7 Å². The number of benzene rings is 3. The number of allylic oxidation sites excluding steroid dienone is 2. The van der Waals surface area contributed by atoms with Crippen LogP contribution in [0.2, 0.25) is 0 Å². The summed E-state index contributed by atoms with van der Waals surface area (Å²) in [5.41, 5.74) is 3.20. The van der Waals surface area contributed by atoms with Crippen molar-refractivity contribution < 1.29 is 0 Å². The van der Waals surface area contributed by atoms with Gasteiger partial charge >= 0.3 is 0 Å². The molecule has 0 nitrogen and oxygen atoms in total. The summed E-state index contributed by atoms with van der Waals surface area (Å²) in [5, 5.41) is 5.78. The quantitative estimate of drug-likeness (QED) is 0.382. The molecule has 0 amide bonds. The Hall–Kier alpha value is -2.08. The van der Waals surface area contributed by atoms with E-state index in [0.717, 1.165) is 18.3 Å².